The van der Waals surface area contributed by atoms with Crippen LogP contribution in [-0.2, 0) is 9.59 Å². The maximum atomic E-state index is 12.0. The lowest BCUT2D eigenvalue weighted by atomic mass is 10.0. The number of carboxylic acids is 1. The van der Waals surface area contributed by atoms with Crippen LogP contribution in [0.15, 0.2) is 0 Å². The normalized spacial score (nSPS) is 27.6. The first kappa shape index (κ1) is 13.0. The number of nitrogens with zero attached hydrogens (tertiary/aromatic N) is 2. The van der Waals surface area contributed by atoms with E-state index in [9.17, 15) is 9.59 Å². The molecular formula is C11H20N2O3. The average Bonchev–Trinajstić information content (AvgIpc) is 2.17. The Bertz CT molecular complexity index is 291. The Labute approximate surface area is 96.0 Å². The van der Waals surface area contributed by atoms with Crippen molar-refractivity contribution in [2.24, 2.45) is 0 Å². The van der Waals surface area contributed by atoms with E-state index in [4.69, 9.17) is 5.11 Å². The Hall–Kier alpha value is -1.10. The van der Waals surface area contributed by atoms with Crippen molar-refractivity contribution >= 4 is 11.9 Å². The molecule has 2 unspecified atom stereocenters. The van der Waals surface area contributed by atoms with Crippen molar-refractivity contribution in [3.05, 3.63) is 0 Å². The minimum Gasteiger partial charge on any atom is -0.481 e. The number of aliphatic carboxylic acids is 1. The van der Waals surface area contributed by atoms with Crippen molar-refractivity contribution in [2.45, 2.75) is 45.3 Å². The molecule has 0 spiro atoms. The molecule has 2 atom stereocenters. The van der Waals surface area contributed by atoms with Crippen LogP contribution < -0.4 is 0 Å². The van der Waals surface area contributed by atoms with Crippen LogP contribution in [-0.4, -0.2) is 58.5 Å². The van der Waals surface area contributed by atoms with Gasteiger partial charge in [-0.3, -0.25) is 14.5 Å². The fourth-order valence-corrected chi connectivity index (χ4v) is 2.09. The van der Waals surface area contributed by atoms with Crippen LogP contribution in [0.25, 0.3) is 0 Å². The SMILES string of the molecule is CC1CN(C(C)C)C(CC(=O)O)C(=O)N1C. The third-order valence-electron chi connectivity index (χ3n) is 3.20. The van der Waals surface area contributed by atoms with Crippen LogP contribution in [0.5, 0.6) is 0 Å². The minimum absolute atomic E-state index is 0.0881. The van der Waals surface area contributed by atoms with Gasteiger partial charge in [0, 0.05) is 25.7 Å². The number of hydrogen-bond donors (Lipinski definition) is 1. The number of likely N-dealkylation sites (N-methyl/N-ethyl adjacent to an activating group) is 1. The molecule has 0 radical (unpaired) electrons. The van der Waals surface area contributed by atoms with Crippen LogP contribution in [0.1, 0.15) is 27.2 Å². The molecular weight excluding hydrogens is 208 g/mol. The highest BCUT2D eigenvalue weighted by Gasteiger charge is 2.38. The van der Waals surface area contributed by atoms with Gasteiger partial charge >= 0.3 is 5.97 Å². The highest BCUT2D eigenvalue weighted by Crippen LogP contribution is 2.20. The summed E-state index contributed by atoms with van der Waals surface area (Å²) in [6, 6.07) is -0.192. The molecule has 1 amide bonds. The summed E-state index contributed by atoms with van der Waals surface area (Å²) < 4.78 is 0. The second-order valence-corrected chi connectivity index (χ2v) is 4.70. The molecule has 5 heteroatoms. The smallest absolute Gasteiger partial charge is 0.305 e. The maximum Gasteiger partial charge on any atom is 0.305 e. The zero-order chi connectivity index (χ0) is 12.5. The summed E-state index contributed by atoms with van der Waals surface area (Å²) in [5.74, 6) is -1.01. The molecule has 1 fully saturated rings. The second-order valence-electron chi connectivity index (χ2n) is 4.70. The molecule has 1 rings (SSSR count). The molecule has 1 saturated heterocycles. The number of rotatable bonds is 3. The van der Waals surface area contributed by atoms with E-state index in [0.29, 0.717) is 0 Å². The number of hydrogen-bond acceptors (Lipinski definition) is 3. The predicted molar refractivity (Wildman–Crippen MR) is 60.1 cm³/mol. The minimum atomic E-state index is -0.924. The number of carbonyl (C=O) groups is 2. The van der Waals surface area contributed by atoms with Crippen LogP contribution in [0.4, 0.5) is 0 Å². The first-order valence-corrected chi connectivity index (χ1v) is 5.58. The summed E-state index contributed by atoms with van der Waals surface area (Å²) in [5.41, 5.74) is 0. The summed E-state index contributed by atoms with van der Waals surface area (Å²) in [5, 5.41) is 8.84. The van der Waals surface area contributed by atoms with Crippen molar-refractivity contribution in [3.8, 4) is 0 Å². The Morgan fingerprint density at radius 2 is 2.12 bits per heavy atom. The summed E-state index contributed by atoms with van der Waals surface area (Å²) in [6.45, 7) is 6.68. The second kappa shape index (κ2) is 4.82. The average molecular weight is 228 g/mol. The van der Waals surface area contributed by atoms with Gasteiger partial charge in [0.05, 0.1) is 6.42 Å². The van der Waals surface area contributed by atoms with Gasteiger partial charge in [0.15, 0.2) is 0 Å². The molecule has 1 aliphatic heterocycles. The zero-order valence-corrected chi connectivity index (χ0v) is 10.3. The maximum absolute atomic E-state index is 12.0. The molecule has 0 saturated carbocycles. The number of amides is 1. The third-order valence-corrected chi connectivity index (χ3v) is 3.20. The molecule has 0 bridgehead atoms. The lowest BCUT2D eigenvalue weighted by Crippen LogP contribution is -2.61. The summed E-state index contributed by atoms with van der Waals surface area (Å²) in [4.78, 5) is 26.4. The van der Waals surface area contributed by atoms with E-state index in [2.05, 4.69) is 0 Å². The van der Waals surface area contributed by atoms with E-state index in [-0.39, 0.29) is 24.4 Å². The van der Waals surface area contributed by atoms with Crippen molar-refractivity contribution in [3.63, 3.8) is 0 Å². The van der Waals surface area contributed by atoms with E-state index in [1.165, 1.54) is 0 Å². The Kier molecular flexibility index (Phi) is 3.91. The van der Waals surface area contributed by atoms with Crippen LogP contribution in [0.3, 0.4) is 0 Å². The lowest BCUT2D eigenvalue weighted by molar-refractivity contribution is -0.151. The Balaban J connectivity index is 2.88. The largest absolute Gasteiger partial charge is 0.481 e. The van der Waals surface area contributed by atoms with Crippen molar-refractivity contribution < 1.29 is 14.7 Å². The topological polar surface area (TPSA) is 60.9 Å². The van der Waals surface area contributed by atoms with Gasteiger partial charge in [0.25, 0.3) is 0 Å². The van der Waals surface area contributed by atoms with Gasteiger partial charge in [-0.05, 0) is 20.8 Å². The molecule has 16 heavy (non-hydrogen) atoms. The standard InChI is InChI=1S/C11H20N2O3/c1-7(2)13-6-8(3)12(4)11(16)9(13)5-10(14)15/h7-9H,5-6H2,1-4H3,(H,14,15). The molecule has 0 aromatic heterocycles. The zero-order valence-electron chi connectivity index (χ0n) is 10.3. The Morgan fingerprint density at radius 3 is 2.56 bits per heavy atom. The highest BCUT2D eigenvalue weighted by atomic mass is 16.4. The third kappa shape index (κ3) is 2.52. The van der Waals surface area contributed by atoms with Gasteiger partial charge in [-0.1, -0.05) is 0 Å². The molecule has 0 aromatic carbocycles. The van der Waals surface area contributed by atoms with Gasteiger partial charge in [-0.15, -0.1) is 0 Å². The molecule has 1 heterocycles. The lowest BCUT2D eigenvalue weighted by Gasteiger charge is -2.44. The molecule has 0 aliphatic carbocycles. The quantitative estimate of drug-likeness (QED) is 0.759. The molecule has 1 aliphatic rings. The van der Waals surface area contributed by atoms with Crippen LogP contribution in [0.2, 0.25) is 0 Å². The van der Waals surface area contributed by atoms with Crippen molar-refractivity contribution in [1.82, 2.24) is 9.80 Å². The van der Waals surface area contributed by atoms with Crippen molar-refractivity contribution in [1.29, 1.82) is 0 Å². The van der Waals surface area contributed by atoms with Crippen molar-refractivity contribution in [2.75, 3.05) is 13.6 Å². The van der Waals surface area contributed by atoms with Gasteiger partial charge in [-0.2, -0.15) is 0 Å². The fourth-order valence-electron chi connectivity index (χ4n) is 2.09. The molecule has 1 N–H and O–H groups in total. The first-order chi connectivity index (χ1) is 7.34. The van der Waals surface area contributed by atoms with Crippen LogP contribution in [0, 0.1) is 0 Å². The van der Waals surface area contributed by atoms with Gasteiger partial charge in [0.1, 0.15) is 6.04 Å². The highest BCUT2D eigenvalue weighted by molar-refractivity contribution is 5.87. The summed E-state index contributed by atoms with van der Waals surface area (Å²) >= 11 is 0. The van der Waals surface area contributed by atoms with Gasteiger partial charge in [0.2, 0.25) is 5.91 Å². The van der Waals surface area contributed by atoms with E-state index >= 15 is 0 Å². The predicted octanol–water partition coefficient (Wildman–Crippen LogP) is 0.401. The van der Waals surface area contributed by atoms with E-state index in [1.807, 2.05) is 25.7 Å². The number of carboxylic acid groups (broad SMARTS) is 1. The monoisotopic (exact) mass is 228 g/mol. The van der Waals surface area contributed by atoms with E-state index in [1.54, 1.807) is 11.9 Å². The van der Waals surface area contributed by atoms with Gasteiger partial charge < -0.3 is 10.0 Å². The summed E-state index contributed by atoms with van der Waals surface area (Å²) in [7, 11) is 1.74. The molecule has 0 aromatic rings. The van der Waals surface area contributed by atoms with Crippen LogP contribution >= 0.6 is 0 Å². The number of carbonyl (C=O) groups excluding carboxylic acids is 1. The molecule has 5 nitrogen and oxygen atoms in total. The van der Waals surface area contributed by atoms with E-state index in [0.717, 1.165) is 6.54 Å². The molecule has 92 valence electrons. The fraction of sp³-hybridized carbons (Fsp3) is 0.818. The first-order valence-electron chi connectivity index (χ1n) is 5.58. The Morgan fingerprint density at radius 1 is 1.56 bits per heavy atom. The summed E-state index contributed by atoms with van der Waals surface area (Å²) in [6.07, 6.45) is -0.117. The number of piperazine rings is 1. The van der Waals surface area contributed by atoms with Gasteiger partial charge in [-0.25, -0.2) is 0 Å². The van der Waals surface area contributed by atoms with E-state index < -0.39 is 12.0 Å².